The van der Waals surface area contributed by atoms with Crippen LogP contribution in [0, 0.1) is 0 Å². The van der Waals surface area contributed by atoms with Gasteiger partial charge in [0.25, 0.3) is 0 Å². The minimum absolute atomic E-state index is 0.179. The zero-order valence-electron chi connectivity index (χ0n) is 10.7. The second kappa shape index (κ2) is 5.30. The normalized spacial score (nSPS) is 15.8. The van der Waals surface area contributed by atoms with E-state index in [4.69, 9.17) is 0 Å². The first-order chi connectivity index (χ1) is 8.26. The minimum atomic E-state index is 0.179. The van der Waals surface area contributed by atoms with Crippen LogP contribution in [0.25, 0.3) is 0 Å². The first-order valence-corrected chi connectivity index (χ1v) is 6.56. The Kier molecular flexibility index (Phi) is 3.77. The number of aryl methyl sites for hydroxylation is 2. The molecule has 0 radical (unpaired) electrons. The molecule has 0 amide bonds. The molecule has 0 saturated carbocycles. The van der Waals surface area contributed by atoms with Gasteiger partial charge in [-0.15, -0.1) is 0 Å². The van der Waals surface area contributed by atoms with E-state index >= 15 is 0 Å². The molecule has 3 heteroatoms. The van der Waals surface area contributed by atoms with E-state index in [0.717, 1.165) is 49.2 Å². The average molecular weight is 232 g/mol. The Bertz CT molecular complexity index is 443. The van der Waals surface area contributed by atoms with Crippen LogP contribution in [0.2, 0.25) is 0 Å². The van der Waals surface area contributed by atoms with Gasteiger partial charge in [-0.25, -0.2) is 0 Å². The van der Waals surface area contributed by atoms with Crippen LogP contribution in [0.3, 0.4) is 0 Å². The number of Topliss-reactive ketones (excluding diaryl/α,β-unsaturated/α-hetero) is 1. The number of aromatic nitrogens is 2. The van der Waals surface area contributed by atoms with Crippen LogP contribution in [0.15, 0.2) is 17.7 Å². The molecule has 0 spiro atoms. The predicted octanol–water partition coefficient (Wildman–Crippen LogP) is 3.15. The summed E-state index contributed by atoms with van der Waals surface area (Å²) in [4.78, 5) is 12.4. The molecule has 1 aromatic rings. The Balaban J connectivity index is 2.29. The lowest BCUT2D eigenvalue weighted by molar-refractivity contribution is 0.101. The van der Waals surface area contributed by atoms with E-state index in [9.17, 15) is 4.79 Å². The second-order valence-corrected chi connectivity index (χ2v) is 4.49. The number of carbonyl (C=O) groups is 1. The molecule has 0 N–H and O–H groups in total. The lowest BCUT2D eigenvalue weighted by Gasteiger charge is -2.11. The Morgan fingerprint density at radius 2 is 2.24 bits per heavy atom. The summed E-state index contributed by atoms with van der Waals surface area (Å²) >= 11 is 0. The van der Waals surface area contributed by atoms with Crippen molar-refractivity contribution in [3.8, 4) is 0 Å². The average Bonchev–Trinajstić information content (AvgIpc) is 2.82. The summed E-state index contributed by atoms with van der Waals surface area (Å²) in [6, 6.07) is 1.95. The van der Waals surface area contributed by atoms with E-state index in [1.54, 1.807) is 0 Å². The van der Waals surface area contributed by atoms with Crippen molar-refractivity contribution in [3.63, 3.8) is 0 Å². The van der Waals surface area contributed by atoms with E-state index in [2.05, 4.69) is 18.1 Å². The maximum atomic E-state index is 12.4. The Morgan fingerprint density at radius 3 is 2.82 bits per heavy atom. The number of ketones is 1. The molecular weight excluding hydrogens is 212 g/mol. The third-order valence-electron chi connectivity index (χ3n) is 3.31. The van der Waals surface area contributed by atoms with E-state index in [-0.39, 0.29) is 5.78 Å². The van der Waals surface area contributed by atoms with Crippen molar-refractivity contribution in [1.82, 2.24) is 9.78 Å². The largest absolute Gasteiger partial charge is 0.287 e. The highest BCUT2D eigenvalue weighted by molar-refractivity contribution is 6.07. The van der Waals surface area contributed by atoms with E-state index < -0.39 is 0 Å². The fourth-order valence-corrected chi connectivity index (χ4v) is 2.28. The van der Waals surface area contributed by atoms with Crippen LogP contribution < -0.4 is 0 Å². The van der Waals surface area contributed by atoms with Crippen molar-refractivity contribution in [2.45, 2.75) is 52.5 Å². The molecule has 1 heterocycles. The maximum absolute atomic E-state index is 12.4. The Morgan fingerprint density at radius 1 is 1.41 bits per heavy atom. The van der Waals surface area contributed by atoms with E-state index in [0.29, 0.717) is 0 Å². The summed E-state index contributed by atoms with van der Waals surface area (Å²) in [6.07, 6.45) is 7.30. The van der Waals surface area contributed by atoms with Gasteiger partial charge in [-0.2, -0.15) is 5.10 Å². The lowest BCUT2D eigenvalue weighted by atomic mass is 9.95. The van der Waals surface area contributed by atoms with Gasteiger partial charge >= 0.3 is 0 Å². The third kappa shape index (κ3) is 2.48. The number of nitrogens with zero attached hydrogens (tertiary/aromatic N) is 2. The van der Waals surface area contributed by atoms with Crippen molar-refractivity contribution in [3.05, 3.63) is 29.1 Å². The fraction of sp³-hybridized carbons (Fsp3) is 0.571. The molecule has 17 heavy (non-hydrogen) atoms. The van der Waals surface area contributed by atoms with Crippen molar-refractivity contribution < 1.29 is 4.79 Å². The fourth-order valence-electron chi connectivity index (χ4n) is 2.28. The maximum Gasteiger partial charge on any atom is 0.206 e. The molecule has 0 atom stereocenters. The molecule has 1 aliphatic rings. The molecule has 3 nitrogen and oxygen atoms in total. The first-order valence-electron chi connectivity index (χ1n) is 6.56. The first kappa shape index (κ1) is 12.1. The highest BCUT2D eigenvalue weighted by Gasteiger charge is 2.19. The standard InChI is InChI=1S/C14H20N2O/c1-3-12-10-13(16(4-2)15-12)14(17)11-8-6-5-7-9-11/h8,10H,3-7,9H2,1-2H3. The summed E-state index contributed by atoms with van der Waals surface area (Å²) in [5.41, 5.74) is 2.75. The number of carbonyl (C=O) groups excluding carboxylic acids is 1. The molecule has 0 unspecified atom stereocenters. The molecule has 92 valence electrons. The van der Waals surface area contributed by atoms with Gasteiger partial charge in [-0.1, -0.05) is 13.0 Å². The van der Waals surface area contributed by atoms with Gasteiger partial charge < -0.3 is 0 Å². The van der Waals surface area contributed by atoms with Crippen LogP contribution in [-0.2, 0) is 13.0 Å². The monoisotopic (exact) mass is 232 g/mol. The van der Waals surface area contributed by atoms with Crippen LogP contribution in [0.5, 0.6) is 0 Å². The summed E-state index contributed by atoms with van der Waals surface area (Å²) in [5, 5.41) is 4.43. The van der Waals surface area contributed by atoms with Crippen LogP contribution in [-0.4, -0.2) is 15.6 Å². The number of hydrogen-bond donors (Lipinski definition) is 0. The smallest absolute Gasteiger partial charge is 0.206 e. The number of rotatable bonds is 4. The van der Waals surface area contributed by atoms with Gasteiger partial charge in [0, 0.05) is 6.54 Å². The van der Waals surface area contributed by atoms with Crippen LogP contribution in [0.4, 0.5) is 0 Å². The second-order valence-electron chi connectivity index (χ2n) is 4.49. The van der Waals surface area contributed by atoms with Crippen molar-refractivity contribution in [2.24, 2.45) is 0 Å². The van der Waals surface area contributed by atoms with Crippen molar-refractivity contribution in [2.75, 3.05) is 0 Å². The molecule has 0 saturated heterocycles. The topological polar surface area (TPSA) is 34.9 Å². The molecule has 0 aromatic carbocycles. The zero-order chi connectivity index (χ0) is 12.3. The number of allylic oxidation sites excluding steroid dienone is 2. The molecule has 0 bridgehead atoms. The molecule has 0 aliphatic heterocycles. The summed E-state index contributed by atoms with van der Waals surface area (Å²) in [6.45, 7) is 4.85. The summed E-state index contributed by atoms with van der Waals surface area (Å²) < 4.78 is 1.83. The number of hydrogen-bond acceptors (Lipinski definition) is 2. The van der Waals surface area contributed by atoms with Gasteiger partial charge in [-0.3, -0.25) is 9.48 Å². The van der Waals surface area contributed by atoms with E-state index in [1.165, 1.54) is 6.42 Å². The Labute approximate surface area is 103 Å². The zero-order valence-corrected chi connectivity index (χ0v) is 10.7. The van der Waals surface area contributed by atoms with Gasteiger partial charge in [0.2, 0.25) is 5.78 Å². The molecule has 0 fully saturated rings. The molecule has 1 aliphatic carbocycles. The highest BCUT2D eigenvalue weighted by Crippen LogP contribution is 2.21. The van der Waals surface area contributed by atoms with Crippen molar-refractivity contribution >= 4 is 5.78 Å². The van der Waals surface area contributed by atoms with Gasteiger partial charge in [0.05, 0.1) is 5.69 Å². The quantitative estimate of drug-likeness (QED) is 0.747. The van der Waals surface area contributed by atoms with Gasteiger partial charge in [0.1, 0.15) is 5.69 Å². The Hall–Kier alpha value is -1.38. The summed E-state index contributed by atoms with van der Waals surface area (Å²) in [7, 11) is 0. The lowest BCUT2D eigenvalue weighted by Crippen LogP contribution is -2.13. The van der Waals surface area contributed by atoms with Gasteiger partial charge in [-0.05, 0) is 50.7 Å². The molecule has 1 aromatic heterocycles. The molecular formula is C14H20N2O. The summed E-state index contributed by atoms with van der Waals surface area (Å²) in [5.74, 6) is 0.179. The van der Waals surface area contributed by atoms with Crippen LogP contribution >= 0.6 is 0 Å². The minimum Gasteiger partial charge on any atom is -0.287 e. The highest BCUT2D eigenvalue weighted by atomic mass is 16.1. The molecule has 2 rings (SSSR count). The van der Waals surface area contributed by atoms with Gasteiger partial charge in [0.15, 0.2) is 0 Å². The van der Waals surface area contributed by atoms with Crippen LogP contribution in [0.1, 0.15) is 55.7 Å². The predicted molar refractivity (Wildman–Crippen MR) is 68.2 cm³/mol. The SMILES string of the molecule is CCc1cc(C(=O)C2=CCCCC2)n(CC)n1. The third-order valence-corrected chi connectivity index (χ3v) is 3.31. The van der Waals surface area contributed by atoms with E-state index in [1.807, 2.05) is 17.7 Å². The van der Waals surface area contributed by atoms with Crippen molar-refractivity contribution in [1.29, 1.82) is 0 Å².